The molecule has 0 aromatic carbocycles. The van der Waals surface area contributed by atoms with Gasteiger partial charge in [-0.2, -0.15) is 0 Å². The van der Waals surface area contributed by atoms with E-state index in [1.165, 1.54) is 0 Å². The summed E-state index contributed by atoms with van der Waals surface area (Å²) in [7, 11) is 0. The highest BCUT2D eigenvalue weighted by Crippen LogP contribution is 2.01. The first kappa shape index (κ1) is 11.1. The molecule has 0 saturated heterocycles. The van der Waals surface area contributed by atoms with Gasteiger partial charge in [-0.3, -0.25) is 16.3 Å². The van der Waals surface area contributed by atoms with Crippen LogP contribution in [0.4, 0.5) is 0 Å². The number of ether oxygens (including phenoxy) is 1. The first-order valence-corrected chi connectivity index (χ1v) is 4.79. The summed E-state index contributed by atoms with van der Waals surface area (Å²) in [5.41, 5.74) is 3.89. The molecule has 1 aromatic heterocycles. The molecule has 0 radical (unpaired) electrons. The zero-order valence-corrected chi connectivity index (χ0v) is 8.44. The third kappa shape index (κ3) is 3.83. The van der Waals surface area contributed by atoms with E-state index in [-0.39, 0.29) is 6.04 Å². The van der Waals surface area contributed by atoms with Crippen LogP contribution in [0.1, 0.15) is 12.5 Å². The highest BCUT2D eigenvalue weighted by molar-refractivity contribution is 5.09. The highest BCUT2D eigenvalue weighted by Gasteiger charge is 2.06. The van der Waals surface area contributed by atoms with Crippen LogP contribution in [0.3, 0.4) is 0 Å². The van der Waals surface area contributed by atoms with Gasteiger partial charge in [-0.05, 0) is 25.0 Å². The van der Waals surface area contributed by atoms with Gasteiger partial charge in [0, 0.05) is 25.0 Å². The van der Waals surface area contributed by atoms with E-state index in [2.05, 4.69) is 10.4 Å². The van der Waals surface area contributed by atoms with Crippen LogP contribution in [0, 0.1) is 0 Å². The predicted molar refractivity (Wildman–Crippen MR) is 55.5 cm³/mol. The summed E-state index contributed by atoms with van der Waals surface area (Å²) in [6, 6.07) is 4.10. The second-order valence-electron chi connectivity index (χ2n) is 3.09. The minimum absolute atomic E-state index is 0.152. The average molecular weight is 195 g/mol. The van der Waals surface area contributed by atoms with Gasteiger partial charge >= 0.3 is 0 Å². The average Bonchev–Trinajstić information content (AvgIpc) is 2.25. The van der Waals surface area contributed by atoms with Crippen molar-refractivity contribution in [2.45, 2.75) is 19.4 Å². The predicted octanol–water partition coefficient (Wildman–Crippen LogP) is 0.493. The summed E-state index contributed by atoms with van der Waals surface area (Å²) in [6.45, 7) is 3.31. The number of nitrogens with zero attached hydrogens (tertiary/aromatic N) is 1. The van der Waals surface area contributed by atoms with Gasteiger partial charge in [-0.1, -0.05) is 6.07 Å². The van der Waals surface area contributed by atoms with Gasteiger partial charge in [-0.25, -0.2) is 0 Å². The lowest BCUT2D eigenvalue weighted by Crippen LogP contribution is -2.40. The lowest BCUT2D eigenvalue weighted by atomic mass is 10.1. The first-order valence-electron chi connectivity index (χ1n) is 4.79. The Morgan fingerprint density at radius 2 is 2.50 bits per heavy atom. The number of hydrogen-bond acceptors (Lipinski definition) is 4. The van der Waals surface area contributed by atoms with Crippen molar-refractivity contribution >= 4 is 0 Å². The van der Waals surface area contributed by atoms with Crippen molar-refractivity contribution in [3.05, 3.63) is 30.1 Å². The molecule has 1 heterocycles. The highest BCUT2D eigenvalue weighted by atomic mass is 16.5. The molecule has 78 valence electrons. The number of rotatable bonds is 6. The number of aromatic nitrogens is 1. The Hall–Kier alpha value is -0.970. The van der Waals surface area contributed by atoms with Gasteiger partial charge in [0.2, 0.25) is 0 Å². The Bertz CT molecular complexity index is 240. The third-order valence-electron chi connectivity index (χ3n) is 1.96. The SMILES string of the molecule is CCOCC(Cc1cccnc1)NN. The summed E-state index contributed by atoms with van der Waals surface area (Å²) in [5, 5.41) is 0. The van der Waals surface area contributed by atoms with E-state index in [4.69, 9.17) is 10.6 Å². The molecule has 3 N–H and O–H groups in total. The molecule has 0 fully saturated rings. The maximum atomic E-state index is 5.41. The Labute approximate surface area is 84.4 Å². The number of pyridine rings is 1. The standard InChI is InChI=1S/C10H17N3O/c1-2-14-8-10(13-11)6-9-4-3-5-12-7-9/h3-5,7,10,13H,2,6,8,11H2,1H3. The lowest BCUT2D eigenvalue weighted by molar-refractivity contribution is 0.123. The van der Waals surface area contributed by atoms with E-state index in [9.17, 15) is 0 Å². The maximum absolute atomic E-state index is 5.41. The van der Waals surface area contributed by atoms with Crippen LogP contribution in [0.25, 0.3) is 0 Å². The Kier molecular flexibility index (Phi) is 5.14. The van der Waals surface area contributed by atoms with E-state index in [0.717, 1.165) is 12.0 Å². The molecule has 0 amide bonds. The van der Waals surface area contributed by atoms with Gasteiger partial charge in [0.1, 0.15) is 0 Å². The monoisotopic (exact) mass is 195 g/mol. The number of nitrogens with one attached hydrogen (secondary N) is 1. The van der Waals surface area contributed by atoms with Crippen molar-refractivity contribution in [1.29, 1.82) is 0 Å². The maximum Gasteiger partial charge on any atom is 0.0636 e. The molecule has 14 heavy (non-hydrogen) atoms. The van der Waals surface area contributed by atoms with Crippen LogP contribution in [0.15, 0.2) is 24.5 Å². The zero-order chi connectivity index (χ0) is 10.2. The minimum atomic E-state index is 0.152. The topological polar surface area (TPSA) is 60.2 Å². The molecule has 1 atom stereocenters. The molecule has 4 nitrogen and oxygen atoms in total. The molecule has 1 rings (SSSR count). The van der Waals surface area contributed by atoms with Crippen LogP contribution >= 0.6 is 0 Å². The van der Waals surface area contributed by atoms with Crippen molar-refractivity contribution in [3.8, 4) is 0 Å². The van der Waals surface area contributed by atoms with Crippen LogP contribution in [-0.4, -0.2) is 24.2 Å². The lowest BCUT2D eigenvalue weighted by Gasteiger charge is -2.15. The van der Waals surface area contributed by atoms with Crippen molar-refractivity contribution in [3.63, 3.8) is 0 Å². The molecule has 0 bridgehead atoms. The second-order valence-corrected chi connectivity index (χ2v) is 3.09. The Balaban J connectivity index is 2.40. The largest absolute Gasteiger partial charge is 0.380 e. The molecule has 1 aromatic rings. The van der Waals surface area contributed by atoms with Crippen molar-refractivity contribution in [2.24, 2.45) is 5.84 Å². The van der Waals surface area contributed by atoms with E-state index in [1.807, 2.05) is 25.3 Å². The van der Waals surface area contributed by atoms with Crippen LogP contribution in [0.2, 0.25) is 0 Å². The zero-order valence-electron chi connectivity index (χ0n) is 8.44. The van der Waals surface area contributed by atoms with Crippen molar-refractivity contribution in [2.75, 3.05) is 13.2 Å². The van der Waals surface area contributed by atoms with Gasteiger partial charge in [-0.15, -0.1) is 0 Å². The van der Waals surface area contributed by atoms with E-state index in [0.29, 0.717) is 13.2 Å². The van der Waals surface area contributed by atoms with Gasteiger partial charge in [0.05, 0.1) is 6.61 Å². The number of nitrogens with two attached hydrogens (primary N) is 1. The molecule has 0 spiro atoms. The summed E-state index contributed by atoms with van der Waals surface area (Å²) in [6.07, 6.45) is 4.44. The summed E-state index contributed by atoms with van der Waals surface area (Å²) >= 11 is 0. The van der Waals surface area contributed by atoms with E-state index >= 15 is 0 Å². The van der Waals surface area contributed by atoms with Gasteiger partial charge in [0.15, 0.2) is 0 Å². The molecule has 0 aliphatic rings. The number of hydrogen-bond donors (Lipinski definition) is 2. The van der Waals surface area contributed by atoms with Crippen molar-refractivity contribution < 1.29 is 4.74 Å². The van der Waals surface area contributed by atoms with Crippen LogP contribution in [-0.2, 0) is 11.2 Å². The van der Waals surface area contributed by atoms with Crippen LogP contribution in [0.5, 0.6) is 0 Å². The normalized spacial score (nSPS) is 12.7. The quantitative estimate of drug-likeness (QED) is 0.512. The van der Waals surface area contributed by atoms with E-state index in [1.54, 1.807) is 6.20 Å². The fourth-order valence-electron chi connectivity index (χ4n) is 1.23. The van der Waals surface area contributed by atoms with Gasteiger partial charge in [0.25, 0.3) is 0 Å². The van der Waals surface area contributed by atoms with Gasteiger partial charge < -0.3 is 4.74 Å². The summed E-state index contributed by atoms with van der Waals surface area (Å²) in [5.74, 6) is 5.41. The first-order chi connectivity index (χ1) is 6.86. The summed E-state index contributed by atoms with van der Waals surface area (Å²) in [4.78, 5) is 4.04. The molecular formula is C10H17N3O. The molecule has 4 heteroatoms. The fraction of sp³-hybridized carbons (Fsp3) is 0.500. The van der Waals surface area contributed by atoms with Crippen LogP contribution < -0.4 is 11.3 Å². The van der Waals surface area contributed by atoms with Crippen molar-refractivity contribution in [1.82, 2.24) is 10.4 Å². The molecule has 0 saturated carbocycles. The number of hydrazine groups is 1. The smallest absolute Gasteiger partial charge is 0.0636 e. The third-order valence-corrected chi connectivity index (χ3v) is 1.96. The molecule has 0 aliphatic heterocycles. The molecule has 0 aliphatic carbocycles. The Morgan fingerprint density at radius 3 is 3.07 bits per heavy atom. The Morgan fingerprint density at radius 1 is 1.64 bits per heavy atom. The second kappa shape index (κ2) is 6.48. The molecular weight excluding hydrogens is 178 g/mol. The van der Waals surface area contributed by atoms with E-state index < -0.39 is 0 Å². The summed E-state index contributed by atoms with van der Waals surface area (Å²) < 4.78 is 5.30. The molecule has 1 unspecified atom stereocenters. The minimum Gasteiger partial charge on any atom is -0.380 e. The fourth-order valence-corrected chi connectivity index (χ4v) is 1.23.